The van der Waals surface area contributed by atoms with Gasteiger partial charge in [-0.25, -0.2) is 17.9 Å². The molecule has 16 heavy (non-hydrogen) atoms. The minimum atomic E-state index is -3.78. The van der Waals surface area contributed by atoms with Gasteiger partial charge in [0.25, 0.3) is 0 Å². The normalized spacial score (nSPS) is 10.9. The predicted molar refractivity (Wildman–Crippen MR) is 59.9 cm³/mol. The Kier molecular flexibility index (Phi) is 4.06. The van der Waals surface area contributed by atoms with Crippen molar-refractivity contribution in [3.05, 3.63) is 16.3 Å². The number of hydrogen-bond donors (Lipinski definition) is 2. The Bertz CT molecular complexity index is 524. The molecule has 86 valence electrons. The predicted octanol–water partition coefficient (Wildman–Crippen LogP) is 0.748. The summed E-state index contributed by atoms with van der Waals surface area (Å²) in [5, 5.41) is 10.2. The Morgan fingerprint density at radius 1 is 1.62 bits per heavy atom. The molecule has 0 aromatic carbocycles. The molecule has 0 unspecified atom stereocenters. The highest BCUT2D eigenvalue weighted by Crippen LogP contribution is 2.21. The van der Waals surface area contributed by atoms with Gasteiger partial charge in [-0.2, -0.15) is 0 Å². The quantitative estimate of drug-likeness (QED) is 0.603. The fraction of sp³-hybridized carbons (Fsp3) is 0.222. The van der Waals surface area contributed by atoms with Crippen molar-refractivity contribution in [3.8, 4) is 12.3 Å². The minimum absolute atomic E-state index is 0.0910. The summed E-state index contributed by atoms with van der Waals surface area (Å²) in [6.45, 7) is 0.0910. The molecule has 1 aromatic rings. The number of carboxylic acids is 1. The molecule has 0 aliphatic carbocycles. The summed E-state index contributed by atoms with van der Waals surface area (Å²) in [6, 6.07) is 1.26. The molecule has 5 nitrogen and oxygen atoms in total. The lowest BCUT2D eigenvalue weighted by Crippen LogP contribution is -2.25. The molecular weight excluding hydrogens is 250 g/mol. The number of sulfonamides is 1. The number of carbonyl (C=O) groups is 1. The van der Waals surface area contributed by atoms with E-state index in [4.69, 9.17) is 11.5 Å². The van der Waals surface area contributed by atoms with Crippen molar-refractivity contribution < 1.29 is 18.3 Å². The molecule has 0 bridgehead atoms. The molecule has 0 atom stereocenters. The zero-order valence-corrected chi connectivity index (χ0v) is 9.77. The molecule has 0 aliphatic rings. The second-order valence-corrected chi connectivity index (χ2v) is 5.42. The van der Waals surface area contributed by atoms with Crippen molar-refractivity contribution in [1.29, 1.82) is 0 Å². The van der Waals surface area contributed by atoms with Crippen LogP contribution in [0.5, 0.6) is 0 Å². The van der Waals surface area contributed by atoms with E-state index in [-0.39, 0.29) is 22.7 Å². The smallest absolute Gasteiger partial charge is 0.347 e. The van der Waals surface area contributed by atoms with Gasteiger partial charge in [-0.05, 0) is 11.4 Å². The number of aromatic carboxylic acids is 1. The maximum atomic E-state index is 11.7. The van der Waals surface area contributed by atoms with Crippen LogP contribution in [0.15, 0.2) is 16.3 Å². The second-order valence-electron chi connectivity index (χ2n) is 2.77. The van der Waals surface area contributed by atoms with E-state index in [0.717, 1.165) is 11.3 Å². The molecule has 1 heterocycles. The van der Waals surface area contributed by atoms with Crippen molar-refractivity contribution in [2.24, 2.45) is 0 Å². The van der Waals surface area contributed by atoms with Crippen molar-refractivity contribution in [3.63, 3.8) is 0 Å². The zero-order valence-electron chi connectivity index (χ0n) is 8.13. The van der Waals surface area contributed by atoms with Gasteiger partial charge in [0.2, 0.25) is 10.0 Å². The van der Waals surface area contributed by atoms with Crippen molar-refractivity contribution >= 4 is 27.3 Å². The van der Waals surface area contributed by atoms with Gasteiger partial charge < -0.3 is 5.11 Å². The fourth-order valence-electron chi connectivity index (χ4n) is 1.00. The highest BCUT2D eigenvalue weighted by atomic mass is 32.2. The van der Waals surface area contributed by atoms with E-state index >= 15 is 0 Å². The molecule has 7 heteroatoms. The third-order valence-electron chi connectivity index (χ3n) is 1.67. The molecule has 2 N–H and O–H groups in total. The van der Waals surface area contributed by atoms with E-state index in [0.29, 0.717) is 0 Å². The molecule has 0 amide bonds. The van der Waals surface area contributed by atoms with Gasteiger partial charge in [0.05, 0.1) is 0 Å². The Morgan fingerprint density at radius 3 is 2.88 bits per heavy atom. The van der Waals surface area contributed by atoms with Crippen LogP contribution in [0.2, 0.25) is 0 Å². The average Bonchev–Trinajstić information content (AvgIpc) is 2.66. The van der Waals surface area contributed by atoms with Crippen molar-refractivity contribution in [2.75, 3.05) is 6.54 Å². The first-order chi connectivity index (χ1) is 7.49. The average molecular weight is 259 g/mol. The first-order valence-corrected chi connectivity index (χ1v) is 6.59. The van der Waals surface area contributed by atoms with Crippen molar-refractivity contribution in [1.82, 2.24) is 4.72 Å². The molecule has 0 fully saturated rings. The van der Waals surface area contributed by atoms with Crippen LogP contribution in [0.1, 0.15) is 16.1 Å². The van der Waals surface area contributed by atoms with E-state index in [1.807, 2.05) is 0 Å². The SMILES string of the molecule is C#CCCNS(=O)(=O)c1ccsc1C(=O)O. The second kappa shape index (κ2) is 5.12. The summed E-state index contributed by atoms with van der Waals surface area (Å²) in [7, 11) is -3.78. The van der Waals surface area contributed by atoms with E-state index in [1.54, 1.807) is 0 Å². The van der Waals surface area contributed by atoms with E-state index in [1.165, 1.54) is 11.4 Å². The lowest BCUT2D eigenvalue weighted by molar-refractivity contribution is 0.0698. The summed E-state index contributed by atoms with van der Waals surface area (Å²) < 4.78 is 25.5. The lowest BCUT2D eigenvalue weighted by atomic mass is 10.5. The van der Waals surface area contributed by atoms with Crippen LogP contribution in [0.4, 0.5) is 0 Å². The highest BCUT2D eigenvalue weighted by Gasteiger charge is 2.22. The van der Waals surface area contributed by atoms with Crippen LogP contribution in [-0.2, 0) is 10.0 Å². The highest BCUT2D eigenvalue weighted by molar-refractivity contribution is 7.89. The van der Waals surface area contributed by atoms with Crippen LogP contribution >= 0.6 is 11.3 Å². The summed E-state index contributed by atoms with van der Waals surface area (Å²) >= 11 is 0.865. The number of hydrogen-bond acceptors (Lipinski definition) is 4. The molecule has 0 spiro atoms. The van der Waals surface area contributed by atoms with Crippen LogP contribution < -0.4 is 4.72 Å². The molecule has 1 aromatic heterocycles. The number of rotatable bonds is 5. The van der Waals surface area contributed by atoms with E-state index in [2.05, 4.69) is 10.6 Å². The molecule has 1 rings (SSSR count). The van der Waals surface area contributed by atoms with Gasteiger partial charge in [0.15, 0.2) is 0 Å². The lowest BCUT2D eigenvalue weighted by Gasteiger charge is -2.03. The third-order valence-corrected chi connectivity index (χ3v) is 4.21. The maximum absolute atomic E-state index is 11.7. The van der Waals surface area contributed by atoms with Gasteiger partial charge in [0, 0.05) is 13.0 Å². The summed E-state index contributed by atoms with van der Waals surface area (Å²) in [6.07, 6.45) is 5.23. The summed E-state index contributed by atoms with van der Waals surface area (Å²) in [4.78, 5) is 10.3. The van der Waals surface area contributed by atoms with Crippen LogP contribution in [0.3, 0.4) is 0 Å². The summed E-state index contributed by atoms with van der Waals surface area (Å²) in [5.41, 5.74) is 0. The summed E-state index contributed by atoms with van der Waals surface area (Å²) in [5.74, 6) is 1.03. The van der Waals surface area contributed by atoms with Crippen molar-refractivity contribution in [2.45, 2.75) is 11.3 Å². The molecule has 0 radical (unpaired) electrons. The first kappa shape index (κ1) is 12.7. The topological polar surface area (TPSA) is 83.5 Å². The largest absolute Gasteiger partial charge is 0.477 e. The Morgan fingerprint density at radius 2 is 2.31 bits per heavy atom. The van der Waals surface area contributed by atoms with Gasteiger partial charge in [-0.1, -0.05) is 0 Å². The minimum Gasteiger partial charge on any atom is -0.477 e. The van der Waals surface area contributed by atoms with Gasteiger partial charge in [0.1, 0.15) is 9.77 Å². The fourth-order valence-corrected chi connectivity index (χ4v) is 3.29. The standard InChI is InChI=1S/C9H9NO4S2/c1-2-3-5-10-16(13,14)7-4-6-15-8(7)9(11)12/h1,4,6,10H,3,5H2,(H,11,12). The first-order valence-electron chi connectivity index (χ1n) is 4.23. The van der Waals surface area contributed by atoms with Crippen LogP contribution in [-0.4, -0.2) is 26.0 Å². The van der Waals surface area contributed by atoms with Gasteiger partial charge in [-0.15, -0.1) is 23.7 Å². The monoisotopic (exact) mass is 259 g/mol. The Hall–Kier alpha value is -1.36. The Balaban J connectivity index is 2.95. The third kappa shape index (κ3) is 2.82. The number of nitrogens with one attached hydrogen (secondary N) is 1. The number of terminal acetylenes is 1. The molecule has 0 saturated heterocycles. The Labute approximate surface area is 97.2 Å². The van der Waals surface area contributed by atoms with E-state index in [9.17, 15) is 13.2 Å². The molecule has 0 saturated carbocycles. The molecular formula is C9H9NO4S2. The van der Waals surface area contributed by atoms with Gasteiger partial charge in [-0.3, -0.25) is 0 Å². The molecule has 0 aliphatic heterocycles. The number of carboxylic acid groups (broad SMARTS) is 1. The van der Waals surface area contributed by atoms with Gasteiger partial charge >= 0.3 is 5.97 Å². The zero-order chi connectivity index (χ0) is 12.2. The number of thiophene rings is 1. The van der Waals surface area contributed by atoms with Crippen LogP contribution in [0.25, 0.3) is 0 Å². The van der Waals surface area contributed by atoms with E-state index < -0.39 is 16.0 Å². The maximum Gasteiger partial charge on any atom is 0.347 e. The van der Waals surface area contributed by atoms with Crippen LogP contribution in [0, 0.1) is 12.3 Å².